The summed E-state index contributed by atoms with van der Waals surface area (Å²) in [6.07, 6.45) is 0.934. The van der Waals surface area contributed by atoms with Gasteiger partial charge in [0.2, 0.25) is 0 Å². The van der Waals surface area contributed by atoms with Gasteiger partial charge in [-0.15, -0.1) is 0 Å². The molecule has 4 aromatic carbocycles. The van der Waals surface area contributed by atoms with Gasteiger partial charge in [0.25, 0.3) is 0 Å². The molecule has 0 spiro atoms. The lowest BCUT2D eigenvalue weighted by molar-refractivity contribution is 0.112. The standard InChI is InChI=1S/C27H22O/c1-19-8-12-23(13-9-19)26-17-21(18-28)16-25(22-6-4-3-5-7-22)27(26)24-14-10-20(2)11-15-24/h3-18H,1-2H3. The zero-order valence-corrected chi connectivity index (χ0v) is 16.1. The van der Waals surface area contributed by atoms with E-state index in [-0.39, 0.29) is 0 Å². The molecule has 4 aromatic rings. The van der Waals surface area contributed by atoms with Gasteiger partial charge in [-0.2, -0.15) is 0 Å². The van der Waals surface area contributed by atoms with Crippen LogP contribution in [-0.2, 0) is 0 Å². The van der Waals surface area contributed by atoms with Crippen molar-refractivity contribution in [3.63, 3.8) is 0 Å². The normalized spacial score (nSPS) is 10.6. The molecule has 0 fully saturated rings. The van der Waals surface area contributed by atoms with Gasteiger partial charge in [0.05, 0.1) is 0 Å². The van der Waals surface area contributed by atoms with Crippen LogP contribution in [-0.4, -0.2) is 6.29 Å². The van der Waals surface area contributed by atoms with Gasteiger partial charge in [0, 0.05) is 5.56 Å². The van der Waals surface area contributed by atoms with E-state index in [1.807, 2.05) is 30.3 Å². The van der Waals surface area contributed by atoms with Crippen molar-refractivity contribution in [2.24, 2.45) is 0 Å². The molecule has 0 aliphatic rings. The fourth-order valence-electron chi connectivity index (χ4n) is 3.57. The number of aldehydes is 1. The molecule has 136 valence electrons. The number of hydrogen-bond acceptors (Lipinski definition) is 1. The van der Waals surface area contributed by atoms with Crippen molar-refractivity contribution >= 4 is 6.29 Å². The van der Waals surface area contributed by atoms with Crippen LogP contribution in [0.3, 0.4) is 0 Å². The van der Waals surface area contributed by atoms with Gasteiger partial charge >= 0.3 is 0 Å². The van der Waals surface area contributed by atoms with E-state index in [2.05, 4.69) is 74.5 Å². The smallest absolute Gasteiger partial charge is 0.150 e. The third-order valence-corrected chi connectivity index (χ3v) is 5.08. The Labute approximate surface area is 166 Å². The van der Waals surface area contributed by atoms with Crippen LogP contribution >= 0.6 is 0 Å². The molecular weight excluding hydrogens is 340 g/mol. The van der Waals surface area contributed by atoms with Crippen molar-refractivity contribution in [3.05, 3.63) is 108 Å². The minimum atomic E-state index is 0.685. The molecule has 0 aliphatic carbocycles. The second-order valence-corrected chi connectivity index (χ2v) is 7.21. The molecule has 0 radical (unpaired) electrons. The highest BCUT2D eigenvalue weighted by atomic mass is 16.1. The fourth-order valence-corrected chi connectivity index (χ4v) is 3.57. The Morgan fingerprint density at radius 2 is 1.04 bits per heavy atom. The molecule has 0 unspecified atom stereocenters. The number of carbonyl (C=O) groups is 1. The second kappa shape index (κ2) is 7.66. The summed E-state index contributed by atoms with van der Waals surface area (Å²) in [5, 5.41) is 0. The predicted octanol–water partition coefficient (Wildman–Crippen LogP) is 7.12. The first kappa shape index (κ1) is 17.9. The number of aryl methyl sites for hydroxylation is 2. The molecule has 0 heterocycles. The molecule has 28 heavy (non-hydrogen) atoms. The largest absolute Gasteiger partial charge is 0.298 e. The average molecular weight is 362 g/mol. The number of benzene rings is 4. The molecule has 0 saturated heterocycles. The van der Waals surface area contributed by atoms with E-state index in [9.17, 15) is 4.79 Å². The molecule has 0 amide bonds. The van der Waals surface area contributed by atoms with Gasteiger partial charge in [0.15, 0.2) is 0 Å². The van der Waals surface area contributed by atoms with Crippen LogP contribution in [0.25, 0.3) is 33.4 Å². The molecule has 0 bridgehead atoms. The van der Waals surface area contributed by atoms with Crippen LogP contribution in [0.2, 0.25) is 0 Å². The fraction of sp³-hybridized carbons (Fsp3) is 0.0741. The zero-order valence-electron chi connectivity index (χ0n) is 16.1. The topological polar surface area (TPSA) is 17.1 Å². The quantitative estimate of drug-likeness (QED) is 0.353. The summed E-state index contributed by atoms with van der Waals surface area (Å²) in [4.78, 5) is 11.7. The maximum atomic E-state index is 11.7. The third kappa shape index (κ3) is 3.52. The Balaban J connectivity index is 2.07. The van der Waals surface area contributed by atoms with Crippen LogP contribution in [0.5, 0.6) is 0 Å². The summed E-state index contributed by atoms with van der Waals surface area (Å²) in [6, 6.07) is 31.4. The van der Waals surface area contributed by atoms with Crippen LogP contribution in [0, 0.1) is 13.8 Å². The van der Waals surface area contributed by atoms with E-state index in [0.29, 0.717) is 5.56 Å². The summed E-state index contributed by atoms with van der Waals surface area (Å²) >= 11 is 0. The Bertz CT molecular complexity index is 1110. The Kier molecular flexibility index (Phi) is 4.90. The Morgan fingerprint density at radius 3 is 1.54 bits per heavy atom. The van der Waals surface area contributed by atoms with Gasteiger partial charge in [-0.3, -0.25) is 4.79 Å². The monoisotopic (exact) mass is 362 g/mol. The van der Waals surface area contributed by atoms with Crippen LogP contribution in [0.15, 0.2) is 91.0 Å². The minimum Gasteiger partial charge on any atom is -0.298 e. The molecule has 0 saturated carbocycles. The lowest BCUT2D eigenvalue weighted by atomic mass is 9.86. The van der Waals surface area contributed by atoms with Gasteiger partial charge in [-0.1, -0.05) is 90.0 Å². The highest BCUT2D eigenvalue weighted by Crippen LogP contribution is 2.41. The van der Waals surface area contributed by atoms with Gasteiger partial charge < -0.3 is 0 Å². The molecule has 4 rings (SSSR count). The lowest BCUT2D eigenvalue weighted by Gasteiger charge is -2.18. The van der Waals surface area contributed by atoms with E-state index >= 15 is 0 Å². The van der Waals surface area contributed by atoms with Crippen molar-refractivity contribution in [1.82, 2.24) is 0 Å². The van der Waals surface area contributed by atoms with Gasteiger partial charge in [-0.05, 0) is 59.4 Å². The highest BCUT2D eigenvalue weighted by molar-refractivity contribution is 5.98. The van der Waals surface area contributed by atoms with Crippen molar-refractivity contribution in [2.45, 2.75) is 13.8 Å². The van der Waals surface area contributed by atoms with Crippen molar-refractivity contribution < 1.29 is 4.79 Å². The van der Waals surface area contributed by atoms with Crippen molar-refractivity contribution in [1.29, 1.82) is 0 Å². The molecule has 0 aromatic heterocycles. The minimum absolute atomic E-state index is 0.685. The first-order chi connectivity index (χ1) is 13.7. The molecule has 0 atom stereocenters. The molecular formula is C27H22O. The van der Waals surface area contributed by atoms with Crippen molar-refractivity contribution in [3.8, 4) is 33.4 Å². The molecule has 0 N–H and O–H groups in total. The molecule has 1 nitrogen and oxygen atoms in total. The van der Waals surface area contributed by atoms with E-state index in [4.69, 9.17) is 0 Å². The second-order valence-electron chi connectivity index (χ2n) is 7.21. The van der Waals surface area contributed by atoms with Crippen LogP contribution in [0.1, 0.15) is 21.5 Å². The lowest BCUT2D eigenvalue weighted by Crippen LogP contribution is -1.94. The van der Waals surface area contributed by atoms with Crippen molar-refractivity contribution in [2.75, 3.05) is 0 Å². The first-order valence-corrected chi connectivity index (χ1v) is 9.48. The third-order valence-electron chi connectivity index (χ3n) is 5.08. The predicted molar refractivity (Wildman–Crippen MR) is 118 cm³/mol. The van der Waals surface area contributed by atoms with E-state index in [1.54, 1.807) is 0 Å². The van der Waals surface area contributed by atoms with E-state index in [1.165, 1.54) is 11.1 Å². The summed E-state index contributed by atoms with van der Waals surface area (Å²) < 4.78 is 0. The summed E-state index contributed by atoms with van der Waals surface area (Å²) in [7, 11) is 0. The zero-order chi connectivity index (χ0) is 19.5. The molecule has 0 aliphatic heterocycles. The van der Waals surface area contributed by atoms with Gasteiger partial charge in [-0.25, -0.2) is 0 Å². The summed E-state index contributed by atoms with van der Waals surface area (Å²) in [6.45, 7) is 4.18. The number of rotatable bonds is 4. The maximum absolute atomic E-state index is 11.7. The molecule has 1 heteroatoms. The van der Waals surface area contributed by atoms with Crippen LogP contribution in [0.4, 0.5) is 0 Å². The SMILES string of the molecule is Cc1ccc(-c2cc(C=O)cc(-c3ccccc3)c2-c2ccc(C)cc2)cc1. The summed E-state index contributed by atoms with van der Waals surface area (Å²) in [5.74, 6) is 0. The van der Waals surface area contributed by atoms with E-state index < -0.39 is 0 Å². The Morgan fingerprint density at radius 1 is 0.571 bits per heavy atom. The first-order valence-electron chi connectivity index (χ1n) is 9.48. The number of carbonyl (C=O) groups excluding carboxylic acids is 1. The number of hydrogen-bond donors (Lipinski definition) is 0. The van der Waals surface area contributed by atoms with E-state index in [0.717, 1.165) is 39.7 Å². The Hall–Kier alpha value is -3.45. The van der Waals surface area contributed by atoms with Crippen LogP contribution < -0.4 is 0 Å². The average Bonchev–Trinajstić information content (AvgIpc) is 2.75. The van der Waals surface area contributed by atoms with Gasteiger partial charge in [0.1, 0.15) is 6.29 Å². The maximum Gasteiger partial charge on any atom is 0.150 e. The highest BCUT2D eigenvalue weighted by Gasteiger charge is 2.16. The summed E-state index contributed by atoms with van der Waals surface area (Å²) in [5.41, 5.74) is 9.81.